The minimum atomic E-state index is -0.213. The molecular formula is C28H24N6O2S. The molecule has 0 saturated heterocycles. The summed E-state index contributed by atoms with van der Waals surface area (Å²) in [5.41, 5.74) is 7.13. The quantitative estimate of drug-likeness (QED) is 0.360. The molecule has 0 atom stereocenters. The Balaban J connectivity index is 1.19. The minimum absolute atomic E-state index is 0.0274. The molecule has 9 heteroatoms. The topological polar surface area (TPSA) is 93.0 Å². The van der Waals surface area contributed by atoms with Crippen molar-refractivity contribution in [1.82, 2.24) is 20.0 Å². The molecule has 1 aliphatic rings. The first-order chi connectivity index (χ1) is 18.0. The average Bonchev–Trinajstić information content (AvgIpc) is 3.60. The number of anilines is 2. The van der Waals surface area contributed by atoms with Crippen LogP contribution in [-0.4, -0.2) is 38.3 Å². The van der Waals surface area contributed by atoms with E-state index in [0.717, 1.165) is 56.0 Å². The van der Waals surface area contributed by atoms with Crippen molar-refractivity contribution >= 4 is 45.0 Å². The summed E-state index contributed by atoms with van der Waals surface area (Å²) in [6.07, 6.45) is 0.791. The fraction of sp³-hybridized carbons (Fsp3) is 0.179. The summed E-state index contributed by atoms with van der Waals surface area (Å²) in [5, 5.41) is 11.6. The molecule has 1 aliphatic heterocycles. The van der Waals surface area contributed by atoms with Gasteiger partial charge in [-0.05, 0) is 61.7 Å². The number of benzene rings is 3. The number of rotatable bonds is 5. The number of aryl methyl sites for hydroxylation is 2. The molecule has 0 unspecified atom stereocenters. The predicted octanol–water partition coefficient (Wildman–Crippen LogP) is 5.01. The highest BCUT2D eigenvalue weighted by atomic mass is 32.1. The van der Waals surface area contributed by atoms with Gasteiger partial charge >= 0.3 is 0 Å². The Morgan fingerprint density at radius 3 is 2.70 bits per heavy atom. The summed E-state index contributed by atoms with van der Waals surface area (Å²) in [4.78, 5) is 33.5. The van der Waals surface area contributed by atoms with Crippen molar-refractivity contribution in [1.29, 1.82) is 0 Å². The van der Waals surface area contributed by atoms with Gasteiger partial charge in [-0.25, -0.2) is 9.67 Å². The lowest BCUT2D eigenvalue weighted by Crippen LogP contribution is -2.29. The molecule has 0 bridgehead atoms. The Morgan fingerprint density at radius 2 is 1.84 bits per heavy atom. The van der Waals surface area contributed by atoms with E-state index in [9.17, 15) is 9.59 Å². The lowest BCUT2D eigenvalue weighted by atomic mass is 10.0. The Kier molecular flexibility index (Phi) is 5.77. The first kappa shape index (κ1) is 23.1. The molecule has 37 heavy (non-hydrogen) atoms. The number of amides is 2. The number of fused-ring (bicyclic) bond motifs is 2. The summed E-state index contributed by atoms with van der Waals surface area (Å²) >= 11 is 1.44. The Bertz CT molecular complexity index is 1670. The van der Waals surface area contributed by atoms with E-state index in [-0.39, 0.29) is 18.4 Å². The van der Waals surface area contributed by atoms with Gasteiger partial charge in [0.1, 0.15) is 12.1 Å². The third kappa shape index (κ3) is 4.27. The number of para-hydroxylation sites is 1. The number of carbonyl (C=O) groups is 2. The van der Waals surface area contributed by atoms with Gasteiger partial charge in [-0.3, -0.25) is 9.59 Å². The Hall–Kier alpha value is -4.37. The van der Waals surface area contributed by atoms with E-state index < -0.39 is 0 Å². The molecule has 0 fully saturated rings. The maximum atomic E-state index is 13.2. The van der Waals surface area contributed by atoms with Gasteiger partial charge in [0.15, 0.2) is 5.13 Å². The summed E-state index contributed by atoms with van der Waals surface area (Å²) in [5.74, 6) is -0.185. The highest BCUT2D eigenvalue weighted by Crippen LogP contribution is 2.36. The maximum absolute atomic E-state index is 13.2. The summed E-state index contributed by atoms with van der Waals surface area (Å²) in [7, 11) is 0. The average molecular weight is 509 g/mol. The first-order valence-electron chi connectivity index (χ1n) is 12.0. The fourth-order valence-electron chi connectivity index (χ4n) is 4.76. The Labute approximate surface area is 217 Å². The number of hydrogen-bond acceptors (Lipinski definition) is 6. The standard InChI is InChI=1S/C28H24N6O2S/c1-17-7-3-4-8-21(17)27(36)33-14-13-19-15-20(11-12-23(19)33)26-18(2)37-28(30-26)29-25(35)16-34-24-10-6-5-9-22(24)31-32-34/h3-12,15H,13-14,16H2,1-2H3,(H,29,30,35). The van der Waals surface area contributed by atoms with Crippen LogP contribution in [0.1, 0.15) is 26.4 Å². The predicted molar refractivity (Wildman–Crippen MR) is 145 cm³/mol. The second-order valence-electron chi connectivity index (χ2n) is 9.07. The van der Waals surface area contributed by atoms with Crippen LogP contribution in [0, 0.1) is 13.8 Å². The summed E-state index contributed by atoms with van der Waals surface area (Å²) in [6, 6.07) is 21.3. The van der Waals surface area contributed by atoms with E-state index in [1.807, 2.05) is 79.4 Å². The van der Waals surface area contributed by atoms with Gasteiger partial charge in [-0.15, -0.1) is 16.4 Å². The van der Waals surface area contributed by atoms with E-state index >= 15 is 0 Å². The van der Waals surface area contributed by atoms with Crippen LogP contribution < -0.4 is 10.2 Å². The number of hydrogen-bond donors (Lipinski definition) is 1. The van der Waals surface area contributed by atoms with E-state index in [1.165, 1.54) is 11.3 Å². The van der Waals surface area contributed by atoms with Crippen LogP contribution in [0.4, 0.5) is 10.8 Å². The molecule has 2 amide bonds. The summed E-state index contributed by atoms with van der Waals surface area (Å²) in [6.45, 7) is 4.66. The second kappa shape index (κ2) is 9.25. The number of thiazole rings is 1. The maximum Gasteiger partial charge on any atom is 0.258 e. The molecule has 8 nitrogen and oxygen atoms in total. The molecule has 0 radical (unpaired) electrons. The number of nitrogens with one attached hydrogen (secondary N) is 1. The largest absolute Gasteiger partial charge is 0.308 e. The van der Waals surface area contributed by atoms with Crippen LogP contribution in [0.3, 0.4) is 0 Å². The third-order valence-corrected chi connectivity index (χ3v) is 7.51. The molecule has 5 aromatic rings. The van der Waals surface area contributed by atoms with E-state index in [2.05, 4.69) is 21.7 Å². The van der Waals surface area contributed by atoms with Gasteiger partial charge < -0.3 is 10.2 Å². The Morgan fingerprint density at radius 1 is 1.03 bits per heavy atom. The minimum Gasteiger partial charge on any atom is -0.308 e. The van der Waals surface area contributed by atoms with Crippen molar-refractivity contribution in [3.05, 3.63) is 88.3 Å². The summed E-state index contributed by atoms with van der Waals surface area (Å²) < 4.78 is 1.58. The van der Waals surface area contributed by atoms with Crippen molar-refractivity contribution in [2.75, 3.05) is 16.8 Å². The van der Waals surface area contributed by atoms with Gasteiger partial charge in [0.25, 0.3) is 5.91 Å². The van der Waals surface area contributed by atoms with E-state index in [0.29, 0.717) is 11.7 Å². The monoisotopic (exact) mass is 508 g/mol. The third-order valence-electron chi connectivity index (χ3n) is 6.63. The van der Waals surface area contributed by atoms with Gasteiger partial charge in [0.2, 0.25) is 5.91 Å². The van der Waals surface area contributed by atoms with Gasteiger partial charge in [-0.1, -0.05) is 41.6 Å². The van der Waals surface area contributed by atoms with Crippen LogP contribution in [0.5, 0.6) is 0 Å². The lowest BCUT2D eigenvalue weighted by Gasteiger charge is -2.18. The SMILES string of the molecule is Cc1ccccc1C(=O)N1CCc2cc(-c3nc(NC(=O)Cn4nnc5ccccc54)sc3C)ccc21. The number of carbonyl (C=O) groups excluding carboxylic acids is 2. The fourth-order valence-corrected chi connectivity index (χ4v) is 5.62. The molecule has 0 saturated carbocycles. The smallest absolute Gasteiger partial charge is 0.258 e. The number of nitrogens with zero attached hydrogens (tertiary/aromatic N) is 5. The van der Waals surface area contributed by atoms with Crippen LogP contribution in [-0.2, 0) is 17.8 Å². The zero-order chi connectivity index (χ0) is 25.5. The second-order valence-corrected chi connectivity index (χ2v) is 10.3. The molecule has 184 valence electrons. The zero-order valence-corrected chi connectivity index (χ0v) is 21.2. The highest BCUT2D eigenvalue weighted by molar-refractivity contribution is 7.16. The lowest BCUT2D eigenvalue weighted by molar-refractivity contribution is -0.116. The van der Waals surface area contributed by atoms with Crippen molar-refractivity contribution in [2.24, 2.45) is 0 Å². The zero-order valence-electron chi connectivity index (χ0n) is 20.4. The van der Waals surface area contributed by atoms with E-state index in [4.69, 9.17) is 4.98 Å². The van der Waals surface area contributed by atoms with Crippen molar-refractivity contribution < 1.29 is 9.59 Å². The van der Waals surface area contributed by atoms with Crippen molar-refractivity contribution in [3.8, 4) is 11.3 Å². The molecule has 2 aromatic heterocycles. The van der Waals surface area contributed by atoms with Crippen LogP contribution in [0.2, 0.25) is 0 Å². The first-order valence-corrected chi connectivity index (χ1v) is 12.9. The molecule has 0 spiro atoms. The van der Waals surface area contributed by atoms with Crippen molar-refractivity contribution in [2.45, 2.75) is 26.8 Å². The van der Waals surface area contributed by atoms with Crippen molar-refractivity contribution in [3.63, 3.8) is 0 Å². The highest BCUT2D eigenvalue weighted by Gasteiger charge is 2.27. The molecule has 3 aromatic carbocycles. The van der Waals surface area contributed by atoms with Crippen LogP contribution in [0.25, 0.3) is 22.3 Å². The molecule has 6 rings (SSSR count). The molecular weight excluding hydrogens is 484 g/mol. The van der Waals surface area contributed by atoms with Gasteiger partial charge in [0.05, 0.1) is 11.2 Å². The molecule has 3 heterocycles. The van der Waals surface area contributed by atoms with Crippen LogP contribution >= 0.6 is 11.3 Å². The van der Waals surface area contributed by atoms with Crippen LogP contribution in [0.15, 0.2) is 66.7 Å². The molecule has 0 aliphatic carbocycles. The molecule has 1 N–H and O–H groups in total. The van der Waals surface area contributed by atoms with Gasteiger partial charge in [0, 0.05) is 28.2 Å². The normalized spacial score (nSPS) is 12.6. The van der Waals surface area contributed by atoms with Gasteiger partial charge in [-0.2, -0.15) is 0 Å². The number of aromatic nitrogens is 4. The van der Waals surface area contributed by atoms with E-state index in [1.54, 1.807) is 4.68 Å².